The summed E-state index contributed by atoms with van der Waals surface area (Å²) in [5.74, 6) is -2.91. The van der Waals surface area contributed by atoms with Gasteiger partial charge in [0.15, 0.2) is 15.7 Å². The minimum atomic E-state index is -3.87. The highest BCUT2D eigenvalue weighted by Crippen LogP contribution is 2.63. The Morgan fingerprint density at radius 2 is 1.63 bits per heavy atom. The van der Waals surface area contributed by atoms with Crippen molar-refractivity contribution >= 4 is 54.1 Å². The Labute approximate surface area is 386 Å². The van der Waals surface area contributed by atoms with Crippen molar-refractivity contribution in [3.8, 4) is 23.0 Å². The summed E-state index contributed by atoms with van der Waals surface area (Å²) in [7, 11) is -7.57. The van der Waals surface area contributed by atoms with E-state index in [0.717, 1.165) is 12.1 Å². The van der Waals surface area contributed by atoms with Crippen LogP contribution in [0, 0.1) is 29.4 Å². The average molecular weight is 990 g/mol. The number of nitrogens with zero attached hydrogens (tertiary/aromatic N) is 5. The van der Waals surface area contributed by atoms with Crippen molar-refractivity contribution < 1.29 is 52.7 Å². The quantitative estimate of drug-likeness (QED) is 0.0827. The highest BCUT2D eigenvalue weighted by molar-refractivity contribution is 7.94. The molecule has 1 amide bonds. The van der Waals surface area contributed by atoms with E-state index in [2.05, 4.69) is 32.1 Å². The third-order valence-corrected chi connectivity index (χ3v) is 18.3. The van der Waals surface area contributed by atoms with Crippen molar-refractivity contribution in [2.45, 2.75) is 111 Å². The van der Waals surface area contributed by atoms with Crippen molar-refractivity contribution in [1.82, 2.24) is 29.9 Å². The molecule has 3 atom stereocenters. The van der Waals surface area contributed by atoms with Crippen LogP contribution >= 0.6 is 11.6 Å². The Morgan fingerprint density at radius 3 is 2.24 bits per heavy atom. The Bertz CT molecular complexity index is 3160. The first kappa shape index (κ1) is 45.6. The number of pyridine rings is 1. The van der Waals surface area contributed by atoms with Gasteiger partial charge < -0.3 is 10.1 Å². The van der Waals surface area contributed by atoms with E-state index in [1.807, 2.05) is 0 Å². The van der Waals surface area contributed by atoms with Crippen molar-refractivity contribution in [2.75, 3.05) is 17.9 Å². The van der Waals surface area contributed by atoms with Gasteiger partial charge in [-0.3, -0.25) is 18.9 Å². The van der Waals surface area contributed by atoms with Crippen LogP contribution < -0.4 is 10.0 Å². The van der Waals surface area contributed by atoms with Crippen molar-refractivity contribution in [1.29, 1.82) is 0 Å². The predicted octanol–water partition coefficient (Wildman–Crippen LogP) is 8.05. The van der Waals surface area contributed by atoms with Gasteiger partial charge in [-0.25, -0.2) is 39.4 Å². The van der Waals surface area contributed by atoms with Crippen LogP contribution in [0.1, 0.15) is 111 Å². The zero-order valence-corrected chi connectivity index (χ0v) is 38.2. The fourth-order valence-corrected chi connectivity index (χ4v) is 12.7. The molecule has 1 aliphatic heterocycles. The number of alkyl halides is 4. The van der Waals surface area contributed by atoms with Crippen LogP contribution in [-0.2, 0) is 48.3 Å². The van der Waals surface area contributed by atoms with Crippen LogP contribution in [0.4, 0.5) is 32.2 Å². The Morgan fingerprint density at radius 1 is 0.940 bits per heavy atom. The van der Waals surface area contributed by atoms with Crippen LogP contribution in [0.15, 0.2) is 42.5 Å². The smallest absolute Gasteiger partial charge is 0.293 e. The minimum Gasteiger partial charge on any atom is -0.377 e. The second-order valence-corrected chi connectivity index (χ2v) is 23.5. The van der Waals surface area contributed by atoms with Crippen LogP contribution in [0.5, 0.6) is 0 Å². The van der Waals surface area contributed by atoms with Crippen LogP contribution in [-0.4, -0.2) is 75.7 Å². The lowest BCUT2D eigenvalue weighted by Gasteiger charge is -2.34. The second-order valence-electron chi connectivity index (χ2n) is 18.4. The fraction of sp³-hybridized carbons (Fsp3) is 0.467. The summed E-state index contributed by atoms with van der Waals surface area (Å²) in [6.45, 7) is 2.38. The van der Waals surface area contributed by atoms with E-state index in [0.29, 0.717) is 47.5 Å². The van der Waals surface area contributed by atoms with Gasteiger partial charge in [0.05, 0.1) is 57.4 Å². The summed E-state index contributed by atoms with van der Waals surface area (Å²) < 4.78 is 152. The molecule has 1 saturated heterocycles. The number of fused-ring (bicyclic) bond motifs is 4. The number of halogens is 7. The molecular weight excluding hydrogens is 948 g/mol. The fourth-order valence-electron chi connectivity index (χ4n) is 9.37. The molecule has 2 N–H and O–H groups in total. The molecule has 67 heavy (non-hydrogen) atoms. The molecule has 4 fully saturated rings. The summed E-state index contributed by atoms with van der Waals surface area (Å²) in [6.07, 6.45) is -1.32. The Kier molecular flexibility index (Phi) is 11.0. The lowest BCUT2D eigenvalue weighted by molar-refractivity contribution is -0.123. The first-order valence-electron chi connectivity index (χ1n) is 21.7. The molecule has 4 aliphatic carbocycles. The number of amides is 1. The molecule has 10 rings (SSSR count). The van der Waals surface area contributed by atoms with Crippen molar-refractivity contribution in [3.63, 3.8) is 0 Å². The topological polar surface area (TPSA) is 167 Å². The summed E-state index contributed by atoms with van der Waals surface area (Å²) in [4.78, 5) is 19.2. The SMILES string of the molecule is CC(C)(C#Cc1ccc(-c2ccc(Cl)c3c(NS(=O)(=O)C4CC4)nn(C4COC4)c23)c([C@H](Cc2cc(F)cc(F)c2)NC(=O)Cn2nc(C(F)F)c3c2C(F)(F)[C@@H]2CC[C@H]32)n1)S(=O)(=O)C1CC1. The van der Waals surface area contributed by atoms with Gasteiger partial charge in [-0.05, 0) is 107 Å². The highest BCUT2D eigenvalue weighted by atomic mass is 35.5. The third-order valence-electron chi connectivity index (χ3n) is 13.3. The molecular formula is C45H42ClF6N7O6S2. The molecule has 354 valence electrons. The van der Waals surface area contributed by atoms with Gasteiger partial charge in [-0.15, -0.1) is 0 Å². The molecule has 4 heterocycles. The number of ether oxygens (including phenoxy) is 1. The van der Waals surface area contributed by atoms with Gasteiger partial charge in [-0.1, -0.05) is 23.6 Å². The maximum absolute atomic E-state index is 15.9. The summed E-state index contributed by atoms with van der Waals surface area (Å²) >= 11 is 6.85. The maximum atomic E-state index is 15.9. The van der Waals surface area contributed by atoms with Gasteiger partial charge >= 0.3 is 0 Å². The maximum Gasteiger partial charge on any atom is 0.293 e. The Hall–Kier alpha value is -5.17. The number of nitrogens with one attached hydrogen (secondary N) is 2. The molecule has 5 aliphatic rings. The number of sulfone groups is 1. The normalized spacial score (nSPS) is 20.7. The standard InChI is InChI=1S/C45H42ClF6N7O6S2/c1-44(2,66(61,62)27-4-5-27)14-13-25-3-8-29(30-10-12-33(46)37-40(30)59(26-20-65-21-26)56-43(37)57-67(63,64)28-6-7-28)38(53-25)34(17-22-15-23(47)18-24(48)16-22)54-35(60)19-58-41-36(39(55-58)42(49)50)31-9-11-32(31)45(41,51)52/h3,8,10,12,15-16,18,26-28,31-32,34,42H,4-7,9,11,17,19-21H2,1-2H3,(H,54,60)(H,56,57)/t31-,32+,34-/m0/s1. The van der Waals surface area contributed by atoms with E-state index < -0.39 is 113 Å². The molecule has 13 nitrogen and oxygen atoms in total. The van der Waals surface area contributed by atoms with E-state index in [4.69, 9.17) is 21.3 Å². The molecule has 22 heteroatoms. The van der Waals surface area contributed by atoms with Crippen LogP contribution in [0.25, 0.3) is 22.0 Å². The molecule has 2 aromatic carbocycles. The van der Waals surface area contributed by atoms with Gasteiger partial charge in [0.1, 0.15) is 40.0 Å². The van der Waals surface area contributed by atoms with Crippen LogP contribution in [0.3, 0.4) is 0 Å². The van der Waals surface area contributed by atoms with Crippen LogP contribution in [0.2, 0.25) is 5.02 Å². The van der Waals surface area contributed by atoms with Gasteiger partial charge in [0, 0.05) is 28.7 Å². The number of hydrogen-bond acceptors (Lipinski definition) is 9. The molecule has 0 bridgehead atoms. The van der Waals surface area contributed by atoms with E-state index in [-0.39, 0.29) is 70.4 Å². The van der Waals surface area contributed by atoms with Gasteiger partial charge in [0.2, 0.25) is 15.9 Å². The van der Waals surface area contributed by atoms with E-state index >= 15 is 8.78 Å². The number of carbonyl (C=O) groups is 1. The number of hydrogen-bond donors (Lipinski definition) is 2. The van der Waals surface area contributed by atoms with Crippen molar-refractivity contribution in [2.24, 2.45) is 5.92 Å². The third kappa shape index (κ3) is 8.04. The molecule has 0 spiro atoms. The number of anilines is 1. The molecule has 0 radical (unpaired) electrons. The monoisotopic (exact) mass is 989 g/mol. The van der Waals surface area contributed by atoms with E-state index in [9.17, 15) is 39.2 Å². The number of carbonyl (C=O) groups excluding carboxylic acids is 1. The zero-order valence-electron chi connectivity index (χ0n) is 35.8. The zero-order chi connectivity index (χ0) is 47.5. The van der Waals surface area contributed by atoms with Crippen molar-refractivity contribution in [3.05, 3.63) is 93.0 Å². The second kappa shape index (κ2) is 16.2. The van der Waals surface area contributed by atoms with Gasteiger partial charge in [0.25, 0.3) is 12.3 Å². The lowest BCUT2D eigenvalue weighted by atomic mass is 9.73. The summed E-state index contributed by atoms with van der Waals surface area (Å²) in [6, 6.07) is 7.06. The number of aromatic nitrogens is 5. The highest BCUT2D eigenvalue weighted by Gasteiger charge is 2.62. The number of benzene rings is 2. The minimum absolute atomic E-state index is 0.00747. The Balaban J connectivity index is 1.14. The van der Waals surface area contributed by atoms with E-state index in [1.54, 1.807) is 16.8 Å². The largest absolute Gasteiger partial charge is 0.377 e. The number of rotatable bonds is 14. The molecule has 0 unspecified atom stereocenters. The first-order chi connectivity index (χ1) is 31.6. The van der Waals surface area contributed by atoms with E-state index in [1.165, 1.54) is 26.0 Å². The molecule has 3 aromatic heterocycles. The first-order valence-corrected chi connectivity index (χ1v) is 25.2. The molecule has 5 aromatic rings. The lowest BCUT2D eigenvalue weighted by Crippen LogP contribution is -2.36. The summed E-state index contributed by atoms with van der Waals surface area (Å²) in [5.41, 5.74) is -0.969. The summed E-state index contributed by atoms with van der Waals surface area (Å²) in [5, 5.41) is 10.4. The van der Waals surface area contributed by atoms with Gasteiger partial charge in [-0.2, -0.15) is 19.0 Å². The predicted molar refractivity (Wildman–Crippen MR) is 234 cm³/mol. The average Bonchev–Trinajstić information content (AvgIpc) is 4.14. The molecule has 3 saturated carbocycles. The number of sulfonamides is 1.